The minimum atomic E-state index is -3.45. The average Bonchev–Trinajstić information content (AvgIpc) is 1.01. The first-order valence-electron chi connectivity index (χ1n) is 27.5. The molecule has 0 spiro atoms. The van der Waals surface area contributed by atoms with E-state index in [1.54, 1.807) is 0 Å². The number of aliphatic hydroxyl groups excluding tert-OH is 20. The van der Waals surface area contributed by atoms with Crippen LogP contribution in [0.25, 0.3) is 0 Å². The molecule has 0 saturated carbocycles. The van der Waals surface area contributed by atoms with Gasteiger partial charge in [0.25, 0.3) is 11.6 Å². The molecule has 25 N–H and O–H groups in total. The van der Waals surface area contributed by atoms with Crippen molar-refractivity contribution in [2.24, 2.45) is 0 Å². The molecule has 0 unspecified atom stereocenters. The number of aliphatic carboxylic acids is 2. The van der Waals surface area contributed by atoms with Gasteiger partial charge in [0.1, 0.15) is 141 Å². The first-order valence-corrected chi connectivity index (χ1v) is 27.5. The molecule has 6 fully saturated rings. The van der Waals surface area contributed by atoms with Crippen LogP contribution in [0.4, 0.5) is 0 Å². The number of aliphatic hydroxyl groups is 20. The highest BCUT2D eigenvalue weighted by molar-refractivity contribution is 5.78. The van der Waals surface area contributed by atoms with Crippen molar-refractivity contribution in [1.29, 1.82) is 0 Å². The van der Waals surface area contributed by atoms with E-state index in [0.717, 1.165) is 13.8 Å². The van der Waals surface area contributed by atoms with E-state index in [1.165, 1.54) is 0 Å². The third-order valence-electron chi connectivity index (χ3n) is 15.7. The summed E-state index contributed by atoms with van der Waals surface area (Å²) in [7, 11) is 0. The molecule has 6 rings (SSSR count). The Morgan fingerprint density at radius 1 is 0.461 bits per heavy atom. The number of rotatable bonds is 26. The van der Waals surface area contributed by atoms with Gasteiger partial charge in [-0.1, -0.05) is 0 Å². The maximum Gasteiger partial charge on any atom is 0.364 e. The molecular weight excluding hydrogens is 1230 g/mol. The molecule has 6 aliphatic rings. The van der Waals surface area contributed by atoms with Gasteiger partial charge in [-0.15, -0.1) is 0 Å². The van der Waals surface area contributed by atoms with E-state index in [-0.39, 0.29) is 0 Å². The molecule has 41 heteroatoms. The highest BCUT2D eigenvalue weighted by atomic mass is 16.8. The SMILES string of the molecule is CC(=O)N[C@H]1[C@H](O[C@@H]2[C@H](O[C@]3(C(=O)O)C[C@H](O)[C@@H](NC(C)=O)[C@H]([C@H](O)[C@H](O)CO)O3)[C@@H](O)[C@H](O[C@H]3[C@H](O)[C@@H](O)[C@H](O)O[C@@H]3CO)O[C@@H]2CO)O[C@H](CO)[C@H](O)[C@@H]1O[C@@H]1O[C@H](CO)[C@H](O)[C@H](O[C@]2(C(=O)O)C[C@H](O)[C@@H](NC(=O)CO)[C@H]([C@H](O)[C@H](O)CO)O2)[C@H]1O. The van der Waals surface area contributed by atoms with Crippen molar-refractivity contribution in [3.8, 4) is 0 Å². The fraction of sp³-hybridized carbons (Fsp3) is 0.896. The third-order valence-corrected chi connectivity index (χ3v) is 15.7. The predicted octanol–water partition coefficient (Wildman–Crippen LogP) is -16.3. The zero-order chi connectivity index (χ0) is 66.5. The molecule has 3 amide bonds. The summed E-state index contributed by atoms with van der Waals surface area (Å²) in [6.07, 6.45) is -63.9. The molecule has 0 bridgehead atoms. The normalized spacial score (nSPS) is 44.2. The van der Waals surface area contributed by atoms with Gasteiger partial charge in [0.05, 0.1) is 63.9 Å². The lowest BCUT2D eigenvalue weighted by molar-refractivity contribution is -0.404. The zero-order valence-electron chi connectivity index (χ0n) is 47.1. The first-order chi connectivity index (χ1) is 41.8. The largest absolute Gasteiger partial charge is 0.477 e. The van der Waals surface area contributed by atoms with Crippen molar-refractivity contribution < 1.29 is 188 Å². The maximum absolute atomic E-state index is 13.6. The number of amides is 3. The van der Waals surface area contributed by atoms with Crippen LogP contribution in [0.15, 0.2) is 0 Å². The van der Waals surface area contributed by atoms with Crippen LogP contribution >= 0.6 is 0 Å². The first kappa shape index (κ1) is 74.2. The molecule has 6 heterocycles. The van der Waals surface area contributed by atoms with Gasteiger partial charge in [0, 0.05) is 26.7 Å². The summed E-state index contributed by atoms with van der Waals surface area (Å²) >= 11 is 0. The van der Waals surface area contributed by atoms with Gasteiger partial charge in [-0.2, -0.15) is 0 Å². The number of ether oxygens (including phenoxy) is 11. The molecule has 0 aromatic rings. The lowest BCUT2D eigenvalue weighted by Crippen LogP contribution is -2.72. The Morgan fingerprint density at radius 3 is 1.30 bits per heavy atom. The summed E-state index contributed by atoms with van der Waals surface area (Å²) in [4.78, 5) is 64.6. The molecule has 0 aromatic carbocycles. The Kier molecular flexibility index (Phi) is 26.1. The highest BCUT2D eigenvalue weighted by Crippen LogP contribution is 2.42. The van der Waals surface area contributed by atoms with Gasteiger partial charge < -0.3 is 180 Å². The summed E-state index contributed by atoms with van der Waals surface area (Å²) in [5, 5.41) is 244. The van der Waals surface area contributed by atoms with Gasteiger partial charge in [-0.25, -0.2) is 9.59 Å². The molecule has 0 radical (unpaired) electrons. The fourth-order valence-corrected chi connectivity index (χ4v) is 11.1. The second-order valence-electron chi connectivity index (χ2n) is 21.8. The van der Waals surface area contributed by atoms with E-state index >= 15 is 0 Å². The Morgan fingerprint density at radius 2 is 0.854 bits per heavy atom. The van der Waals surface area contributed by atoms with E-state index < -0.39 is 284 Å². The molecular formula is C48H79N3O38. The number of carbonyl (C=O) groups excluding carboxylic acids is 3. The van der Waals surface area contributed by atoms with Crippen molar-refractivity contribution in [2.45, 2.75) is 222 Å². The summed E-state index contributed by atoms with van der Waals surface area (Å²) < 4.78 is 63.6. The molecule has 6 saturated heterocycles. The number of carbonyl (C=O) groups is 5. The molecule has 0 aliphatic carbocycles. The predicted molar refractivity (Wildman–Crippen MR) is 270 cm³/mol. The molecule has 89 heavy (non-hydrogen) atoms. The maximum atomic E-state index is 13.6. The van der Waals surface area contributed by atoms with E-state index in [4.69, 9.17) is 52.1 Å². The minimum absolute atomic E-state index is 0.853. The smallest absolute Gasteiger partial charge is 0.364 e. The van der Waals surface area contributed by atoms with E-state index in [2.05, 4.69) is 16.0 Å². The number of carboxylic acids is 2. The van der Waals surface area contributed by atoms with Crippen molar-refractivity contribution in [3.63, 3.8) is 0 Å². The summed E-state index contributed by atoms with van der Waals surface area (Å²) in [6.45, 7) is -6.86. The lowest BCUT2D eigenvalue weighted by Gasteiger charge is -2.53. The molecule has 6 aliphatic heterocycles. The topological polar surface area (TPSA) is 668 Å². The van der Waals surface area contributed by atoms with E-state index in [9.17, 15) is 136 Å². The van der Waals surface area contributed by atoms with Crippen LogP contribution in [0.1, 0.15) is 26.7 Å². The quantitative estimate of drug-likeness (QED) is 0.0382. The second kappa shape index (κ2) is 31.4. The Labute approximate surface area is 501 Å². The van der Waals surface area contributed by atoms with Gasteiger partial charge in [-0.05, 0) is 0 Å². The van der Waals surface area contributed by atoms with Gasteiger partial charge in [0.15, 0.2) is 25.2 Å². The van der Waals surface area contributed by atoms with Crippen molar-refractivity contribution in [3.05, 3.63) is 0 Å². The van der Waals surface area contributed by atoms with Crippen LogP contribution in [0, 0.1) is 0 Å². The average molecular weight is 1310 g/mol. The zero-order valence-corrected chi connectivity index (χ0v) is 47.1. The molecule has 41 nitrogen and oxygen atoms in total. The summed E-state index contributed by atoms with van der Waals surface area (Å²) in [5.74, 6) is -14.5. The van der Waals surface area contributed by atoms with Crippen molar-refractivity contribution in [1.82, 2.24) is 16.0 Å². The van der Waals surface area contributed by atoms with Crippen LogP contribution in [0.2, 0.25) is 0 Å². The Hall–Kier alpha value is -3.89. The number of hydrogen-bond acceptors (Lipinski definition) is 36. The van der Waals surface area contributed by atoms with Crippen LogP contribution < -0.4 is 16.0 Å². The van der Waals surface area contributed by atoms with Crippen molar-refractivity contribution in [2.75, 3.05) is 46.2 Å². The number of hydrogen-bond donors (Lipinski definition) is 25. The van der Waals surface area contributed by atoms with Crippen LogP contribution in [0.5, 0.6) is 0 Å². The standard InChI is InChI=1S/C48H79N3O38/c1-12(59)49-23-14(61)3-48(46(77)78,86-37(23)26(66)16(63)5-52)89-40-33(73)44(83-34-20(9-56)79-41(74)31(71)30(34)70)82-21(10-57)35(40)84-42-25(50-13(2)60)36(28(68)18(7-54)80-42)85-43-32(72)39(29(69)19(8-55)81-43)88-47(45(75)76)4-15(62)24(51-22(65)11-58)38(87-47)27(67)17(64)6-53/h14-21,23-44,52-58,61-64,66-74H,3-11H2,1-2H3,(H,49,59)(H,50,60)(H,51,65)(H,75,76)(H,77,78)/t14-,15-,16+,17+,18+,19+,20+,21+,23+,24+,25+,26+,27+,28-,29-,30+,31+,32+,33+,34+,35-,36+,37+,38+,39-,40+,41+,42-,43-,44-,47-,48-/m0/s1. The van der Waals surface area contributed by atoms with Gasteiger partial charge in [0.2, 0.25) is 17.7 Å². The van der Waals surface area contributed by atoms with Crippen molar-refractivity contribution >= 4 is 29.7 Å². The molecule has 0 aromatic heterocycles. The lowest BCUT2D eigenvalue weighted by atomic mass is 9.88. The Balaban J connectivity index is 1.42. The van der Waals surface area contributed by atoms with Crippen LogP contribution in [-0.2, 0) is 76.1 Å². The van der Waals surface area contributed by atoms with Gasteiger partial charge >= 0.3 is 11.9 Å². The molecule has 514 valence electrons. The summed E-state index contributed by atoms with van der Waals surface area (Å²) in [5.41, 5.74) is 0. The third kappa shape index (κ3) is 16.0. The van der Waals surface area contributed by atoms with Gasteiger partial charge in [-0.3, -0.25) is 14.4 Å². The second-order valence-corrected chi connectivity index (χ2v) is 21.8. The Bertz CT molecular complexity index is 2340. The minimum Gasteiger partial charge on any atom is -0.477 e. The van der Waals surface area contributed by atoms with Crippen LogP contribution in [-0.4, -0.2) is 384 Å². The van der Waals surface area contributed by atoms with E-state index in [0.29, 0.717) is 0 Å². The van der Waals surface area contributed by atoms with Crippen LogP contribution in [0.3, 0.4) is 0 Å². The fourth-order valence-electron chi connectivity index (χ4n) is 11.1. The highest BCUT2D eigenvalue weighted by Gasteiger charge is 2.64. The molecule has 32 atom stereocenters. The summed E-state index contributed by atoms with van der Waals surface area (Å²) in [6, 6.07) is -5.84. The number of carboxylic acid groups (broad SMARTS) is 2. The van der Waals surface area contributed by atoms with E-state index in [1.807, 2.05) is 0 Å². The monoisotopic (exact) mass is 1310 g/mol. The number of nitrogens with one attached hydrogen (secondary N) is 3.